The van der Waals surface area contributed by atoms with Crippen molar-refractivity contribution in [2.45, 2.75) is 30.6 Å². The Kier molecular flexibility index (Phi) is 5.90. The molecule has 26 heavy (non-hydrogen) atoms. The normalized spacial score (nSPS) is 10.7. The zero-order valence-electron chi connectivity index (χ0n) is 14.3. The molecule has 0 amide bonds. The summed E-state index contributed by atoms with van der Waals surface area (Å²) in [5.41, 5.74) is 1.37. The van der Waals surface area contributed by atoms with E-state index < -0.39 is 0 Å². The van der Waals surface area contributed by atoms with E-state index in [2.05, 4.69) is 15.2 Å². The summed E-state index contributed by atoms with van der Waals surface area (Å²) in [6.07, 6.45) is 1.51. The van der Waals surface area contributed by atoms with Crippen molar-refractivity contribution in [1.82, 2.24) is 19.7 Å². The fraction of sp³-hybridized carbons (Fsp3) is 0.222. The Labute approximate surface area is 160 Å². The van der Waals surface area contributed by atoms with Crippen molar-refractivity contribution in [3.8, 4) is 11.4 Å². The molecular weight excluding hydrogens is 372 g/mol. The molecule has 0 radical (unpaired) electrons. The smallest absolute Gasteiger partial charge is 0.339 e. The minimum absolute atomic E-state index is 0.336. The number of hydrogen-bond acceptors (Lipinski definition) is 6. The number of ether oxygens (including phenoxy) is 1. The Morgan fingerprint density at radius 3 is 2.54 bits per heavy atom. The minimum Gasteiger partial charge on any atom is -0.462 e. The molecule has 0 fully saturated rings. The van der Waals surface area contributed by atoms with Crippen LogP contribution in [0.15, 0.2) is 52.8 Å². The highest BCUT2D eigenvalue weighted by Crippen LogP contribution is 2.29. The molecule has 0 spiro atoms. The Bertz CT molecular complexity index is 895. The van der Waals surface area contributed by atoms with Gasteiger partial charge in [-0.25, -0.2) is 9.78 Å². The average molecular weight is 389 g/mol. The number of hydrogen-bond donors (Lipinski definition) is 0. The van der Waals surface area contributed by atoms with E-state index in [-0.39, 0.29) is 5.97 Å². The van der Waals surface area contributed by atoms with E-state index in [0.29, 0.717) is 23.7 Å². The summed E-state index contributed by atoms with van der Waals surface area (Å²) in [6, 6.07) is 11.0. The average Bonchev–Trinajstić information content (AvgIpc) is 3.05. The van der Waals surface area contributed by atoms with Gasteiger partial charge in [0.15, 0.2) is 11.0 Å². The van der Waals surface area contributed by atoms with Gasteiger partial charge in [-0.2, -0.15) is 0 Å². The van der Waals surface area contributed by atoms with Gasteiger partial charge in [0.2, 0.25) is 0 Å². The number of pyridine rings is 1. The molecule has 0 bridgehead atoms. The van der Waals surface area contributed by atoms with Gasteiger partial charge in [0, 0.05) is 23.3 Å². The Balaban J connectivity index is 1.82. The van der Waals surface area contributed by atoms with Crippen molar-refractivity contribution in [2.75, 3.05) is 6.61 Å². The van der Waals surface area contributed by atoms with Crippen LogP contribution in [-0.2, 0) is 11.3 Å². The molecule has 3 aromatic rings. The summed E-state index contributed by atoms with van der Waals surface area (Å²) in [4.78, 5) is 16.0. The first-order valence-electron chi connectivity index (χ1n) is 8.12. The Morgan fingerprint density at radius 2 is 1.92 bits per heavy atom. The first-order valence-corrected chi connectivity index (χ1v) is 9.32. The van der Waals surface area contributed by atoms with E-state index in [0.717, 1.165) is 21.6 Å². The van der Waals surface area contributed by atoms with Gasteiger partial charge in [-0.3, -0.25) is 0 Å². The van der Waals surface area contributed by atoms with Crippen molar-refractivity contribution in [1.29, 1.82) is 0 Å². The third-order valence-corrected chi connectivity index (χ3v) is 4.77. The van der Waals surface area contributed by atoms with Crippen LogP contribution < -0.4 is 0 Å². The van der Waals surface area contributed by atoms with Crippen molar-refractivity contribution in [2.24, 2.45) is 0 Å². The van der Waals surface area contributed by atoms with Gasteiger partial charge in [-0.15, -0.1) is 10.2 Å². The number of carbonyl (C=O) groups is 1. The van der Waals surface area contributed by atoms with Crippen molar-refractivity contribution < 1.29 is 9.53 Å². The van der Waals surface area contributed by atoms with E-state index in [4.69, 9.17) is 16.3 Å². The fourth-order valence-corrected chi connectivity index (χ4v) is 3.29. The molecule has 134 valence electrons. The van der Waals surface area contributed by atoms with Crippen LogP contribution in [0.5, 0.6) is 0 Å². The van der Waals surface area contributed by atoms with Crippen LogP contribution in [0.25, 0.3) is 11.4 Å². The van der Waals surface area contributed by atoms with E-state index >= 15 is 0 Å². The van der Waals surface area contributed by atoms with Crippen LogP contribution in [-0.4, -0.2) is 32.3 Å². The predicted molar refractivity (Wildman–Crippen MR) is 100 cm³/mol. The highest BCUT2D eigenvalue weighted by atomic mass is 35.5. The third-order valence-electron chi connectivity index (χ3n) is 3.58. The number of benzene rings is 1. The number of carbonyl (C=O) groups excluding carboxylic acids is 1. The van der Waals surface area contributed by atoms with Gasteiger partial charge >= 0.3 is 5.97 Å². The summed E-state index contributed by atoms with van der Waals surface area (Å²) in [5, 5.41) is 10.7. The van der Waals surface area contributed by atoms with E-state index in [1.807, 2.05) is 35.8 Å². The van der Waals surface area contributed by atoms with E-state index in [1.165, 1.54) is 18.0 Å². The van der Waals surface area contributed by atoms with Gasteiger partial charge in [-0.05, 0) is 62.0 Å². The molecule has 6 nitrogen and oxygen atoms in total. The van der Waals surface area contributed by atoms with Crippen LogP contribution in [0.3, 0.4) is 0 Å². The second kappa shape index (κ2) is 8.33. The molecule has 1 aromatic carbocycles. The summed E-state index contributed by atoms with van der Waals surface area (Å²) < 4.78 is 6.97. The quantitative estimate of drug-likeness (QED) is 0.585. The molecule has 0 atom stereocenters. The Hall–Kier alpha value is -2.38. The maximum absolute atomic E-state index is 11.7. The predicted octanol–water partition coefficient (Wildman–Crippen LogP) is 4.34. The first-order chi connectivity index (χ1) is 12.6. The summed E-state index contributed by atoms with van der Waals surface area (Å²) >= 11 is 7.34. The maximum atomic E-state index is 11.7. The molecular formula is C18H17ClN4O2S. The van der Waals surface area contributed by atoms with Gasteiger partial charge in [-0.1, -0.05) is 11.6 Å². The topological polar surface area (TPSA) is 69.9 Å². The lowest BCUT2D eigenvalue weighted by molar-refractivity contribution is 0.0525. The van der Waals surface area contributed by atoms with E-state index in [1.54, 1.807) is 19.1 Å². The SMILES string of the molecule is CCOC(=O)c1ccc(Sc2nnc(-c3ccc(Cl)cc3)n2CC)nc1. The van der Waals surface area contributed by atoms with Crippen LogP contribution >= 0.6 is 23.4 Å². The summed E-state index contributed by atoms with van der Waals surface area (Å²) in [7, 11) is 0. The van der Waals surface area contributed by atoms with Crippen LogP contribution in [0.2, 0.25) is 5.02 Å². The van der Waals surface area contributed by atoms with Crippen LogP contribution in [0.1, 0.15) is 24.2 Å². The molecule has 0 aliphatic rings. The van der Waals surface area contributed by atoms with Gasteiger partial charge in [0.1, 0.15) is 5.03 Å². The zero-order valence-corrected chi connectivity index (χ0v) is 15.9. The number of rotatable bonds is 6. The molecule has 0 saturated carbocycles. The number of aromatic nitrogens is 4. The first kappa shape index (κ1) is 18.4. The second-order valence-corrected chi connectivity index (χ2v) is 6.69. The van der Waals surface area contributed by atoms with Gasteiger partial charge < -0.3 is 9.30 Å². The summed E-state index contributed by atoms with van der Waals surface area (Å²) in [6.45, 7) is 4.85. The molecule has 0 unspecified atom stereocenters. The lowest BCUT2D eigenvalue weighted by Crippen LogP contribution is -2.05. The third kappa shape index (κ3) is 4.05. The maximum Gasteiger partial charge on any atom is 0.339 e. The second-order valence-electron chi connectivity index (χ2n) is 5.26. The van der Waals surface area contributed by atoms with Gasteiger partial charge in [0.25, 0.3) is 0 Å². The summed E-state index contributed by atoms with van der Waals surface area (Å²) in [5.74, 6) is 0.396. The van der Waals surface area contributed by atoms with Crippen LogP contribution in [0.4, 0.5) is 0 Å². The standard InChI is InChI=1S/C18H17ClN4O2S/c1-3-23-16(12-5-8-14(19)9-6-12)21-22-18(23)26-15-10-7-13(11-20-15)17(24)25-4-2/h5-11H,3-4H2,1-2H3. The van der Waals surface area contributed by atoms with E-state index in [9.17, 15) is 4.79 Å². The van der Waals surface area contributed by atoms with Crippen molar-refractivity contribution >= 4 is 29.3 Å². The zero-order chi connectivity index (χ0) is 18.5. The highest BCUT2D eigenvalue weighted by molar-refractivity contribution is 7.99. The molecule has 3 rings (SSSR count). The lowest BCUT2D eigenvalue weighted by Gasteiger charge is -2.07. The lowest BCUT2D eigenvalue weighted by atomic mass is 10.2. The molecule has 2 aromatic heterocycles. The molecule has 8 heteroatoms. The van der Waals surface area contributed by atoms with Gasteiger partial charge in [0.05, 0.1) is 12.2 Å². The van der Waals surface area contributed by atoms with Crippen molar-refractivity contribution in [3.05, 3.63) is 53.2 Å². The minimum atomic E-state index is -0.377. The highest BCUT2D eigenvalue weighted by Gasteiger charge is 2.15. The fourth-order valence-electron chi connectivity index (χ4n) is 2.33. The monoisotopic (exact) mass is 388 g/mol. The molecule has 0 saturated heterocycles. The molecule has 0 aliphatic heterocycles. The molecule has 0 N–H and O–H groups in total. The molecule has 2 heterocycles. The number of esters is 1. The number of halogens is 1. The number of nitrogens with zero attached hydrogens (tertiary/aromatic N) is 4. The van der Waals surface area contributed by atoms with Crippen LogP contribution in [0, 0.1) is 0 Å². The van der Waals surface area contributed by atoms with Crippen molar-refractivity contribution in [3.63, 3.8) is 0 Å². The molecule has 0 aliphatic carbocycles. The Morgan fingerprint density at radius 1 is 1.15 bits per heavy atom. The largest absolute Gasteiger partial charge is 0.462 e.